The Bertz CT molecular complexity index is 36.6. The van der Waals surface area contributed by atoms with E-state index in [1.807, 2.05) is 0 Å². The average molecular weight is 95.5 g/mol. The van der Waals surface area contributed by atoms with Gasteiger partial charge in [-0.15, -0.1) is 4.58 Å². The van der Waals surface area contributed by atoms with E-state index < -0.39 is 0 Å². The molecule has 30 valence electrons. The van der Waals surface area contributed by atoms with Gasteiger partial charge in [-0.05, 0) is 0 Å². The fourth-order valence-electron chi connectivity index (χ4n) is 0. The molecule has 0 heterocycles. The van der Waals surface area contributed by atoms with Crippen molar-refractivity contribution in [1.29, 1.82) is 0 Å². The molecule has 0 fully saturated rings. The molecule has 0 bridgehead atoms. The second-order valence-electron chi connectivity index (χ2n) is 0.394. The second kappa shape index (κ2) is 1.99. The lowest BCUT2D eigenvalue weighted by Gasteiger charge is -1.85. The van der Waals surface area contributed by atoms with Crippen LogP contribution in [0.2, 0.25) is 0 Å². The van der Waals surface area contributed by atoms with Crippen LogP contribution in [0, 0.1) is 0 Å². The molecule has 0 saturated carbocycles. The fraction of sp³-hybridized carbons (Fsp3) is 0. The van der Waals surface area contributed by atoms with Gasteiger partial charge in [-0.2, -0.15) is 0 Å². The molecule has 0 aliphatic heterocycles. The van der Waals surface area contributed by atoms with Gasteiger partial charge in [0.05, 0.1) is 0 Å². The smallest absolute Gasteiger partial charge is 0.249 e. The minimum atomic E-state index is -0.0833. The zero-order chi connectivity index (χ0) is 4.28. The Labute approximate surface area is 33.8 Å². The predicted octanol–water partition coefficient (Wildman–Crippen LogP) is -0.0122. The number of halogens is 1. The van der Waals surface area contributed by atoms with Crippen molar-refractivity contribution in [2.45, 2.75) is 0 Å². The van der Waals surface area contributed by atoms with Crippen LogP contribution >= 0.6 is 11.8 Å². The van der Waals surface area contributed by atoms with Gasteiger partial charge in [0.25, 0.3) is 0 Å². The first-order valence-electron chi connectivity index (χ1n) is 0.863. The molecule has 3 nitrogen and oxygen atoms in total. The summed E-state index contributed by atoms with van der Waals surface area (Å²) >= 11 is 4.48. The standard InChI is InChI=1S/CH2ClNO2/c2-3(5)1-4/h1,5H. The molecule has 1 N–H and O–H groups in total. The molecular weight excluding hydrogens is 93.5 g/mol. The molecule has 0 aromatic heterocycles. The van der Waals surface area contributed by atoms with Gasteiger partial charge in [0.2, 0.25) is 6.41 Å². The first-order chi connectivity index (χ1) is 2.27. The van der Waals surface area contributed by atoms with E-state index in [9.17, 15) is 0 Å². The van der Waals surface area contributed by atoms with E-state index in [1.54, 1.807) is 0 Å². The highest BCUT2D eigenvalue weighted by Crippen LogP contribution is 1.72. The molecule has 0 spiro atoms. The van der Waals surface area contributed by atoms with Crippen molar-refractivity contribution >= 4 is 18.2 Å². The van der Waals surface area contributed by atoms with Crippen LogP contribution in [0.1, 0.15) is 0 Å². The molecule has 0 saturated heterocycles. The van der Waals surface area contributed by atoms with E-state index in [0.717, 1.165) is 0 Å². The van der Waals surface area contributed by atoms with E-state index in [0.29, 0.717) is 0 Å². The summed E-state index contributed by atoms with van der Waals surface area (Å²) in [5, 5.41) is 7.59. The fourth-order valence-corrected chi connectivity index (χ4v) is 0. The first kappa shape index (κ1) is 4.72. The van der Waals surface area contributed by atoms with Crippen molar-refractivity contribution in [2.24, 2.45) is 0 Å². The van der Waals surface area contributed by atoms with Gasteiger partial charge >= 0.3 is 0 Å². The number of rotatable bonds is 1. The van der Waals surface area contributed by atoms with E-state index >= 15 is 0 Å². The third-order valence-electron chi connectivity index (χ3n) is 0.0870. The monoisotopic (exact) mass is 95.0 g/mol. The highest BCUT2D eigenvalue weighted by molar-refractivity contribution is 6.17. The van der Waals surface area contributed by atoms with Crippen LogP contribution < -0.4 is 0 Å². The number of hydrogen-bond donors (Lipinski definition) is 1. The summed E-state index contributed by atoms with van der Waals surface area (Å²) in [6.07, 6.45) is 0.0710. The summed E-state index contributed by atoms with van der Waals surface area (Å²) in [7, 11) is 0. The van der Waals surface area contributed by atoms with Gasteiger partial charge in [-0.25, -0.2) is 0 Å². The second-order valence-corrected chi connectivity index (χ2v) is 0.740. The van der Waals surface area contributed by atoms with E-state index in [4.69, 9.17) is 10.0 Å². The van der Waals surface area contributed by atoms with Crippen molar-refractivity contribution in [3.8, 4) is 0 Å². The molecule has 5 heavy (non-hydrogen) atoms. The number of nitrogens with zero attached hydrogens (tertiary/aromatic N) is 1. The number of hydroxylamine groups is 1. The zero-order valence-corrected chi connectivity index (χ0v) is 3.01. The Morgan fingerprint density at radius 1 is 2.00 bits per heavy atom. The average Bonchev–Trinajstić information content (AvgIpc) is 1.38. The van der Waals surface area contributed by atoms with Gasteiger partial charge in [-0.1, -0.05) is 0 Å². The third kappa shape index (κ3) is 3.72. The normalized spacial score (nSPS) is 6.80. The van der Waals surface area contributed by atoms with Gasteiger partial charge in [0.15, 0.2) is 0 Å². The minimum absolute atomic E-state index is 0.0710. The molecule has 0 aromatic rings. The van der Waals surface area contributed by atoms with Gasteiger partial charge in [-0.3, -0.25) is 10.0 Å². The highest BCUT2D eigenvalue weighted by atomic mass is 35.5. The summed E-state index contributed by atoms with van der Waals surface area (Å²) in [6, 6.07) is 0. The molecule has 0 aliphatic carbocycles. The maximum atomic E-state index is 9.05. The maximum absolute atomic E-state index is 9.05. The minimum Gasteiger partial charge on any atom is -0.275 e. The summed E-state index contributed by atoms with van der Waals surface area (Å²) < 4.78 is -0.0833. The van der Waals surface area contributed by atoms with E-state index in [2.05, 4.69) is 11.8 Å². The van der Waals surface area contributed by atoms with Crippen LogP contribution in [0.4, 0.5) is 0 Å². The molecule has 0 aromatic carbocycles. The Kier molecular flexibility index (Phi) is 1.88. The van der Waals surface area contributed by atoms with Crippen molar-refractivity contribution in [3.63, 3.8) is 0 Å². The zero-order valence-electron chi connectivity index (χ0n) is 2.26. The van der Waals surface area contributed by atoms with Gasteiger partial charge in [0.1, 0.15) is 0 Å². The summed E-state index contributed by atoms with van der Waals surface area (Å²) in [6.45, 7) is 0. The number of amides is 1. The van der Waals surface area contributed by atoms with Gasteiger partial charge < -0.3 is 0 Å². The topological polar surface area (TPSA) is 40.5 Å². The Balaban J connectivity index is 2.83. The van der Waals surface area contributed by atoms with Gasteiger partial charge in [0, 0.05) is 11.8 Å². The van der Waals surface area contributed by atoms with Crippen molar-refractivity contribution in [2.75, 3.05) is 0 Å². The van der Waals surface area contributed by atoms with Crippen LogP contribution in [0.5, 0.6) is 0 Å². The molecule has 0 radical (unpaired) electrons. The maximum Gasteiger partial charge on any atom is 0.249 e. The molecule has 0 aliphatic rings. The molecule has 4 heteroatoms. The molecule has 1 amide bonds. The number of carbonyl (C=O) groups excluding carboxylic acids is 1. The lowest BCUT2D eigenvalue weighted by molar-refractivity contribution is -0.131. The van der Waals surface area contributed by atoms with Crippen LogP contribution in [0.15, 0.2) is 0 Å². The Morgan fingerprint density at radius 2 is 2.20 bits per heavy atom. The van der Waals surface area contributed by atoms with Crippen molar-refractivity contribution in [3.05, 3.63) is 0 Å². The SMILES string of the molecule is O=CN(O)Cl. The number of hydrogen-bond acceptors (Lipinski definition) is 2. The lowest BCUT2D eigenvalue weighted by Crippen LogP contribution is -1.98. The summed E-state index contributed by atoms with van der Waals surface area (Å²) in [4.78, 5) is 9.05. The molecule has 0 unspecified atom stereocenters. The number of carbonyl (C=O) groups is 1. The molecular formula is CH2ClNO2. The largest absolute Gasteiger partial charge is 0.275 e. The van der Waals surface area contributed by atoms with Crippen LogP contribution in [0.3, 0.4) is 0 Å². The first-order valence-corrected chi connectivity index (χ1v) is 1.20. The Hall–Kier alpha value is -0.280. The van der Waals surface area contributed by atoms with E-state index in [1.165, 1.54) is 0 Å². The molecule has 0 atom stereocenters. The van der Waals surface area contributed by atoms with Crippen molar-refractivity contribution < 1.29 is 10.0 Å². The van der Waals surface area contributed by atoms with Crippen molar-refractivity contribution in [1.82, 2.24) is 4.58 Å². The van der Waals surface area contributed by atoms with Crippen LogP contribution in [-0.4, -0.2) is 16.2 Å². The Morgan fingerprint density at radius 3 is 2.20 bits per heavy atom. The van der Waals surface area contributed by atoms with E-state index in [-0.39, 0.29) is 11.0 Å². The quantitative estimate of drug-likeness (QED) is 0.215. The van der Waals surface area contributed by atoms with Crippen LogP contribution in [-0.2, 0) is 4.79 Å². The highest BCUT2D eigenvalue weighted by Gasteiger charge is 1.75. The summed E-state index contributed by atoms with van der Waals surface area (Å²) in [5.74, 6) is 0. The third-order valence-corrected chi connectivity index (χ3v) is 0.167. The van der Waals surface area contributed by atoms with Crippen LogP contribution in [0.25, 0.3) is 0 Å². The lowest BCUT2D eigenvalue weighted by atomic mass is 11.5. The summed E-state index contributed by atoms with van der Waals surface area (Å²) in [5.41, 5.74) is 0. The predicted molar refractivity (Wildman–Crippen MR) is 15.5 cm³/mol. The molecule has 0 rings (SSSR count).